The molecule has 1 amide bonds. The minimum absolute atomic E-state index is 0.0930. The summed E-state index contributed by atoms with van der Waals surface area (Å²) in [7, 11) is 3.01. The fourth-order valence-corrected chi connectivity index (χ4v) is 2.14. The minimum atomic E-state index is -4.53. The lowest BCUT2D eigenvalue weighted by Gasteiger charge is -2.02. The molecule has 0 unspecified atom stereocenters. The number of carbonyl (C=O) groups excluding carboxylic acids is 1. The lowest BCUT2D eigenvalue weighted by Crippen LogP contribution is -2.15. The fourth-order valence-electron chi connectivity index (χ4n) is 2.14. The number of alkyl halides is 3. The number of nitrogens with two attached hydrogens (primary N) is 1. The smallest absolute Gasteiger partial charge is 0.364 e. The molecule has 0 aliphatic rings. The number of nitrogens with zero attached hydrogens (tertiary/aromatic N) is 4. The summed E-state index contributed by atoms with van der Waals surface area (Å²) in [5, 5.41) is 7.08. The highest BCUT2D eigenvalue weighted by atomic mass is 19.4. The molecule has 2 heterocycles. The van der Waals surface area contributed by atoms with Crippen molar-refractivity contribution < 1.29 is 22.4 Å². The van der Waals surface area contributed by atoms with E-state index in [0.717, 1.165) is 10.7 Å². The molecule has 0 saturated heterocycles. The summed E-state index contributed by atoms with van der Waals surface area (Å²) in [6.07, 6.45) is -3.00. The van der Waals surface area contributed by atoms with E-state index in [2.05, 4.69) is 10.2 Å². The predicted octanol–water partition coefficient (Wildman–Crippen LogP) is 2.76. The van der Waals surface area contributed by atoms with Crippen molar-refractivity contribution in [3.05, 3.63) is 59.8 Å². The van der Waals surface area contributed by atoms with Gasteiger partial charge in [0.2, 0.25) is 0 Å². The average molecular weight is 369 g/mol. The number of halogens is 4. The van der Waals surface area contributed by atoms with Gasteiger partial charge in [0.25, 0.3) is 5.91 Å². The summed E-state index contributed by atoms with van der Waals surface area (Å²) in [5.41, 5.74) is 4.54. The van der Waals surface area contributed by atoms with E-state index in [1.54, 1.807) is 19.2 Å². The maximum atomic E-state index is 13.4. The Morgan fingerprint density at radius 1 is 1.12 bits per heavy atom. The van der Waals surface area contributed by atoms with Crippen molar-refractivity contribution in [3.8, 4) is 11.3 Å². The number of primary amides is 1. The Morgan fingerprint density at radius 2 is 1.77 bits per heavy atom. The van der Waals surface area contributed by atoms with E-state index in [4.69, 9.17) is 5.73 Å². The van der Waals surface area contributed by atoms with Gasteiger partial charge in [-0.3, -0.25) is 14.2 Å². The Kier molecular flexibility index (Phi) is 5.44. The first-order chi connectivity index (χ1) is 12.1. The van der Waals surface area contributed by atoms with Crippen molar-refractivity contribution in [2.45, 2.75) is 6.18 Å². The third-order valence-electron chi connectivity index (χ3n) is 3.39. The molecular formula is C16H15F4N5O. The van der Waals surface area contributed by atoms with Crippen LogP contribution in [-0.4, -0.2) is 25.5 Å². The van der Waals surface area contributed by atoms with E-state index in [0.29, 0.717) is 5.69 Å². The number of benzene rings is 1. The number of rotatable bonds is 2. The molecule has 0 bridgehead atoms. The molecule has 0 atom stereocenters. The molecular weight excluding hydrogens is 354 g/mol. The molecule has 0 fully saturated rings. The lowest BCUT2D eigenvalue weighted by molar-refractivity contribution is -0.141. The second-order valence-electron chi connectivity index (χ2n) is 5.22. The van der Waals surface area contributed by atoms with Gasteiger partial charge in [-0.05, 0) is 24.3 Å². The van der Waals surface area contributed by atoms with Crippen molar-refractivity contribution in [3.63, 3.8) is 0 Å². The van der Waals surface area contributed by atoms with Gasteiger partial charge in [-0.1, -0.05) is 12.1 Å². The predicted molar refractivity (Wildman–Crippen MR) is 85.3 cm³/mol. The minimum Gasteiger partial charge on any atom is -0.364 e. The molecule has 0 radical (unpaired) electrons. The third kappa shape index (κ3) is 4.26. The van der Waals surface area contributed by atoms with Gasteiger partial charge in [0.05, 0.1) is 5.69 Å². The number of hydrogen-bond donors (Lipinski definition) is 1. The van der Waals surface area contributed by atoms with Gasteiger partial charge in [0.1, 0.15) is 11.5 Å². The molecule has 3 aromatic rings. The van der Waals surface area contributed by atoms with Crippen molar-refractivity contribution in [2.24, 2.45) is 19.8 Å². The van der Waals surface area contributed by atoms with Gasteiger partial charge in [-0.25, -0.2) is 4.39 Å². The van der Waals surface area contributed by atoms with Gasteiger partial charge in [-0.2, -0.15) is 23.4 Å². The monoisotopic (exact) mass is 369 g/mol. The van der Waals surface area contributed by atoms with Crippen LogP contribution in [0.15, 0.2) is 42.6 Å². The van der Waals surface area contributed by atoms with Gasteiger partial charge >= 0.3 is 6.18 Å². The van der Waals surface area contributed by atoms with E-state index >= 15 is 0 Å². The van der Waals surface area contributed by atoms with Crippen LogP contribution in [-0.2, 0) is 20.3 Å². The maximum absolute atomic E-state index is 13.4. The highest BCUT2D eigenvalue weighted by molar-refractivity contribution is 5.90. The third-order valence-corrected chi connectivity index (χ3v) is 3.39. The van der Waals surface area contributed by atoms with Crippen LogP contribution in [0.2, 0.25) is 0 Å². The first-order valence-electron chi connectivity index (χ1n) is 7.25. The standard InChI is InChI=1S/C11H8F4N2.C5H7N3O/c1-17-9(6-10(16-17)11(13,14)15)7-4-2-3-5-8(7)12;1-8-4(5(6)9)2-3-7-8/h2-6H,1H3;2-3H,1H3,(H2,6,9). The van der Waals surface area contributed by atoms with Crippen molar-refractivity contribution in [1.29, 1.82) is 0 Å². The van der Waals surface area contributed by atoms with Crippen molar-refractivity contribution >= 4 is 5.91 Å². The molecule has 2 N–H and O–H groups in total. The average Bonchev–Trinajstić information content (AvgIpc) is 3.14. The number of amides is 1. The number of aryl methyl sites for hydroxylation is 2. The van der Waals surface area contributed by atoms with Crippen LogP contribution in [0.5, 0.6) is 0 Å². The van der Waals surface area contributed by atoms with Gasteiger partial charge in [0.15, 0.2) is 5.69 Å². The molecule has 0 saturated carbocycles. The molecule has 0 aliphatic heterocycles. The normalized spacial score (nSPS) is 11.0. The summed E-state index contributed by atoms with van der Waals surface area (Å²) >= 11 is 0. The second kappa shape index (κ2) is 7.38. The van der Waals surface area contributed by atoms with Crippen LogP contribution >= 0.6 is 0 Å². The van der Waals surface area contributed by atoms with Crippen molar-refractivity contribution in [1.82, 2.24) is 19.6 Å². The molecule has 3 rings (SSSR count). The Morgan fingerprint density at radius 3 is 2.19 bits per heavy atom. The van der Waals surface area contributed by atoms with Gasteiger partial charge in [-0.15, -0.1) is 0 Å². The molecule has 1 aromatic carbocycles. The van der Waals surface area contributed by atoms with E-state index in [1.807, 2.05) is 0 Å². The lowest BCUT2D eigenvalue weighted by atomic mass is 10.1. The Hall–Kier alpha value is -3.17. The number of aromatic nitrogens is 4. The summed E-state index contributed by atoms with van der Waals surface area (Å²) in [6, 6.07) is 8.03. The van der Waals surface area contributed by atoms with Crippen LogP contribution in [0.3, 0.4) is 0 Å². The molecule has 138 valence electrons. The Bertz CT molecular complexity index is 914. The summed E-state index contributed by atoms with van der Waals surface area (Å²) < 4.78 is 53.2. The molecule has 10 heteroatoms. The summed E-state index contributed by atoms with van der Waals surface area (Å²) in [6.45, 7) is 0. The Labute approximate surface area is 145 Å². The largest absolute Gasteiger partial charge is 0.435 e. The van der Waals surface area contributed by atoms with Crippen molar-refractivity contribution in [2.75, 3.05) is 0 Å². The highest BCUT2D eigenvalue weighted by Crippen LogP contribution is 2.31. The van der Waals surface area contributed by atoms with Crippen LogP contribution in [0.4, 0.5) is 17.6 Å². The molecule has 0 spiro atoms. The van der Waals surface area contributed by atoms with E-state index in [-0.39, 0.29) is 11.3 Å². The van der Waals surface area contributed by atoms with Gasteiger partial charge < -0.3 is 5.73 Å². The first kappa shape index (κ1) is 19.2. The zero-order valence-corrected chi connectivity index (χ0v) is 13.8. The zero-order valence-electron chi connectivity index (χ0n) is 13.8. The first-order valence-corrected chi connectivity index (χ1v) is 7.25. The Balaban J connectivity index is 0.000000228. The number of carbonyl (C=O) groups is 1. The van der Waals surface area contributed by atoms with Gasteiger partial charge in [0, 0.05) is 25.9 Å². The fraction of sp³-hybridized carbons (Fsp3) is 0.188. The SMILES string of the molecule is Cn1nc(C(F)(F)F)cc1-c1ccccc1F.Cn1nccc1C(N)=O. The molecule has 6 nitrogen and oxygen atoms in total. The molecule has 0 aliphatic carbocycles. The van der Waals surface area contributed by atoms with E-state index < -0.39 is 23.6 Å². The quantitative estimate of drug-likeness (QED) is 0.706. The molecule has 26 heavy (non-hydrogen) atoms. The summed E-state index contributed by atoms with van der Waals surface area (Å²) in [5.74, 6) is -1.03. The van der Waals surface area contributed by atoms with Crippen LogP contribution < -0.4 is 5.73 Å². The molecule has 2 aromatic heterocycles. The van der Waals surface area contributed by atoms with Crippen LogP contribution in [0.25, 0.3) is 11.3 Å². The second-order valence-corrected chi connectivity index (χ2v) is 5.22. The maximum Gasteiger partial charge on any atom is 0.435 e. The van der Waals surface area contributed by atoms with Crippen LogP contribution in [0, 0.1) is 5.82 Å². The summed E-state index contributed by atoms with van der Waals surface area (Å²) in [4.78, 5) is 10.4. The number of hydrogen-bond acceptors (Lipinski definition) is 3. The zero-order chi connectivity index (χ0) is 19.5. The van der Waals surface area contributed by atoms with Crippen LogP contribution in [0.1, 0.15) is 16.2 Å². The van der Waals surface area contributed by atoms with E-state index in [9.17, 15) is 22.4 Å². The highest BCUT2D eigenvalue weighted by Gasteiger charge is 2.34. The topological polar surface area (TPSA) is 78.7 Å². The van der Waals surface area contributed by atoms with E-state index in [1.165, 1.54) is 36.1 Å².